The molecule has 2 N–H and O–H groups in total. The summed E-state index contributed by atoms with van der Waals surface area (Å²) in [5, 5.41) is 10.2. The van der Waals surface area contributed by atoms with Crippen LogP contribution in [0, 0.1) is 11.8 Å². The Morgan fingerprint density at radius 2 is 1.93 bits per heavy atom. The molecule has 1 saturated carbocycles. The molecule has 0 aromatic carbocycles. The van der Waals surface area contributed by atoms with E-state index in [2.05, 4.69) is 20.8 Å². The highest BCUT2D eigenvalue weighted by molar-refractivity contribution is 5.83. The van der Waals surface area contributed by atoms with Crippen LogP contribution in [0.25, 0.3) is 0 Å². The highest BCUT2D eigenvalue weighted by Gasteiger charge is 2.34. The Balaban J connectivity index is 1.21. The van der Waals surface area contributed by atoms with E-state index in [-0.39, 0.29) is 23.7 Å². The molecule has 1 aromatic heterocycles. The molecule has 2 aliphatic heterocycles. The van der Waals surface area contributed by atoms with Gasteiger partial charge in [0.1, 0.15) is 0 Å². The Labute approximate surface area is 159 Å². The Bertz CT molecular complexity index is 666. The van der Waals surface area contributed by atoms with E-state index in [9.17, 15) is 9.59 Å². The summed E-state index contributed by atoms with van der Waals surface area (Å²) in [6, 6.07) is 0. The van der Waals surface area contributed by atoms with Crippen LogP contribution in [-0.4, -0.2) is 59.6 Å². The average molecular weight is 375 g/mol. The van der Waals surface area contributed by atoms with Crippen molar-refractivity contribution in [1.82, 2.24) is 25.7 Å². The van der Waals surface area contributed by atoms with Gasteiger partial charge in [0.25, 0.3) is 0 Å². The van der Waals surface area contributed by atoms with Crippen molar-refractivity contribution in [3.05, 3.63) is 11.7 Å². The molecule has 3 aliphatic rings. The van der Waals surface area contributed by atoms with E-state index in [0.29, 0.717) is 44.2 Å². The van der Waals surface area contributed by atoms with Crippen molar-refractivity contribution < 1.29 is 14.1 Å². The number of nitrogens with one attached hydrogen (secondary N) is 2. The SMILES string of the molecule is O=C(NCCc1noc(C2CCC2)n1)[C@@H]1CNC[C@H](C(=O)N2CCCC2)C1. The number of piperidine rings is 1. The van der Waals surface area contributed by atoms with E-state index >= 15 is 0 Å². The number of carbonyl (C=O) groups excluding carboxylic acids is 2. The molecule has 4 rings (SSSR count). The normalized spacial score (nSPS) is 26.0. The van der Waals surface area contributed by atoms with Crippen LogP contribution in [0.3, 0.4) is 0 Å². The van der Waals surface area contributed by atoms with Gasteiger partial charge in [-0.1, -0.05) is 11.6 Å². The molecule has 8 heteroatoms. The van der Waals surface area contributed by atoms with Crippen molar-refractivity contribution in [1.29, 1.82) is 0 Å². The largest absolute Gasteiger partial charge is 0.355 e. The highest BCUT2D eigenvalue weighted by Crippen LogP contribution is 2.35. The third kappa shape index (κ3) is 4.31. The molecule has 0 spiro atoms. The maximum Gasteiger partial charge on any atom is 0.229 e. The van der Waals surface area contributed by atoms with Gasteiger partial charge in [0.05, 0.1) is 11.8 Å². The fraction of sp³-hybridized carbons (Fsp3) is 0.789. The van der Waals surface area contributed by atoms with Gasteiger partial charge in [-0.25, -0.2) is 0 Å². The summed E-state index contributed by atoms with van der Waals surface area (Å²) >= 11 is 0. The Morgan fingerprint density at radius 3 is 2.67 bits per heavy atom. The van der Waals surface area contributed by atoms with Gasteiger partial charge in [-0.2, -0.15) is 4.98 Å². The van der Waals surface area contributed by atoms with Crippen LogP contribution < -0.4 is 10.6 Å². The van der Waals surface area contributed by atoms with Gasteiger partial charge in [-0.3, -0.25) is 9.59 Å². The molecule has 148 valence electrons. The molecule has 2 amide bonds. The number of rotatable bonds is 6. The summed E-state index contributed by atoms with van der Waals surface area (Å²) < 4.78 is 5.31. The molecule has 27 heavy (non-hydrogen) atoms. The van der Waals surface area contributed by atoms with Gasteiger partial charge in [-0.15, -0.1) is 0 Å². The Kier molecular flexibility index (Phi) is 5.71. The molecule has 2 atom stereocenters. The number of likely N-dealkylation sites (tertiary alicyclic amines) is 1. The van der Waals surface area contributed by atoms with Gasteiger partial charge in [0, 0.05) is 45.1 Å². The van der Waals surface area contributed by atoms with E-state index in [4.69, 9.17) is 4.52 Å². The first-order valence-electron chi connectivity index (χ1n) is 10.3. The molecule has 2 saturated heterocycles. The number of amides is 2. The minimum absolute atomic E-state index is 0.00383. The third-order valence-electron chi connectivity index (χ3n) is 6.07. The molecule has 3 fully saturated rings. The van der Waals surface area contributed by atoms with Crippen LogP contribution in [0.15, 0.2) is 4.52 Å². The molecular formula is C19H29N5O3. The Hall–Kier alpha value is -1.96. The summed E-state index contributed by atoms with van der Waals surface area (Å²) in [4.78, 5) is 31.5. The first kappa shape index (κ1) is 18.4. The van der Waals surface area contributed by atoms with Gasteiger partial charge >= 0.3 is 0 Å². The minimum atomic E-state index is -0.161. The highest BCUT2D eigenvalue weighted by atomic mass is 16.5. The van der Waals surface area contributed by atoms with Gasteiger partial charge in [0.15, 0.2) is 5.82 Å². The standard InChI is InChI=1S/C19H29N5O3/c25-17(21-7-6-16-22-18(27-23-16)13-4-3-5-13)14-10-15(12-20-11-14)19(26)24-8-1-2-9-24/h13-15,20H,1-12H2,(H,21,25)/t14-,15+/m0/s1. The number of hydrogen-bond acceptors (Lipinski definition) is 6. The zero-order valence-electron chi connectivity index (χ0n) is 15.8. The molecule has 1 aromatic rings. The molecule has 0 unspecified atom stereocenters. The van der Waals surface area contributed by atoms with E-state index in [1.807, 2.05) is 4.90 Å². The molecule has 3 heterocycles. The molecule has 8 nitrogen and oxygen atoms in total. The van der Waals surface area contributed by atoms with Crippen LogP contribution in [-0.2, 0) is 16.0 Å². The smallest absolute Gasteiger partial charge is 0.229 e. The number of carbonyl (C=O) groups is 2. The number of nitrogens with zero attached hydrogens (tertiary/aromatic N) is 3. The first-order chi connectivity index (χ1) is 13.2. The molecule has 0 radical (unpaired) electrons. The van der Waals surface area contributed by atoms with Crippen LogP contribution in [0.2, 0.25) is 0 Å². The van der Waals surface area contributed by atoms with E-state index in [1.54, 1.807) is 0 Å². The summed E-state index contributed by atoms with van der Waals surface area (Å²) in [7, 11) is 0. The van der Waals surface area contributed by atoms with Crippen LogP contribution in [0.4, 0.5) is 0 Å². The average Bonchev–Trinajstić information content (AvgIpc) is 3.32. The van der Waals surface area contributed by atoms with E-state index in [1.165, 1.54) is 6.42 Å². The summed E-state index contributed by atoms with van der Waals surface area (Å²) in [6.45, 7) is 3.51. The second-order valence-corrected chi connectivity index (χ2v) is 8.04. The fourth-order valence-electron chi connectivity index (χ4n) is 4.16. The van der Waals surface area contributed by atoms with Crippen molar-refractivity contribution in [3.8, 4) is 0 Å². The molecular weight excluding hydrogens is 346 g/mol. The van der Waals surface area contributed by atoms with Gasteiger partial charge < -0.3 is 20.1 Å². The molecule has 0 bridgehead atoms. The van der Waals surface area contributed by atoms with Crippen LogP contribution >= 0.6 is 0 Å². The summed E-state index contributed by atoms with van der Waals surface area (Å²) in [5.74, 6) is 1.78. The maximum atomic E-state index is 12.6. The number of hydrogen-bond donors (Lipinski definition) is 2. The van der Waals surface area contributed by atoms with Gasteiger partial charge in [-0.05, 0) is 32.1 Å². The Morgan fingerprint density at radius 1 is 1.15 bits per heavy atom. The summed E-state index contributed by atoms with van der Waals surface area (Å²) in [6.07, 6.45) is 6.87. The maximum absolute atomic E-state index is 12.6. The second-order valence-electron chi connectivity index (χ2n) is 8.04. The molecule has 1 aliphatic carbocycles. The lowest BCUT2D eigenvalue weighted by molar-refractivity contribution is -0.136. The fourth-order valence-corrected chi connectivity index (χ4v) is 4.16. The lowest BCUT2D eigenvalue weighted by atomic mass is 9.85. The van der Waals surface area contributed by atoms with Crippen molar-refractivity contribution in [2.45, 2.75) is 50.9 Å². The second kappa shape index (κ2) is 8.37. The summed E-state index contributed by atoms with van der Waals surface area (Å²) in [5.41, 5.74) is 0. The van der Waals surface area contributed by atoms with E-state index in [0.717, 1.165) is 44.7 Å². The zero-order chi connectivity index (χ0) is 18.6. The monoisotopic (exact) mass is 375 g/mol. The minimum Gasteiger partial charge on any atom is -0.355 e. The predicted octanol–water partition coefficient (Wildman–Crippen LogP) is 0.844. The van der Waals surface area contributed by atoms with Crippen molar-refractivity contribution >= 4 is 11.8 Å². The first-order valence-corrected chi connectivity index (χ1v) is 10.3. The lowest BCUT2D eigenvalue weighted by Crippen LogP contribution is -2.49. The van der Waals surface area contributed by atoms with Crippen LogP contribution in [0.1, 0.15) is 56.2 Å². The van der Waals surface area contributed by atoms with E-state index < -0.39 is 0 Å². The van der Waals surface area contributed by atoms with Crippen LogP contribution in [0.5, 0.6) is 0 Å². The van der Waals surface area contributed by atoms with Gasteiger partial charge in [0.2, 0.25) is 17.7 Å². The zero-order valence-corrected chi connectivity index (χ0v) is 15.8. The van der Waals surface area contributed by atoms with Crippen molar-refractivity contribution in [3.63, 3.8) is 0 Å². The topological polar surface area (TPSA) is 100 Å². The van der Waals surface area contributed by atoms with Crippen molar-refractivity contribution in [2.75, 3.05) is 32.7 Å². The number of aromatic nitrogens is 2. The lowest BCUT2D eigenvalue weighted by Gasteiger charge is -2.31. The van der Waals surface area contributed by atoms with Crippen molar-refractivity contribution in [2.24, 2.45) is 11.8 Å². The predicted molar refractivity (Wildman–Crippen MR) is 97.9 cm³/mol. The third-order valence-corrected chi connectivity index (χ3v) is 6.07. The quantitative estimate of drug-likeness (QED) is 0.764.